The second kappa shape index (κ2) is 8.99. The Hall–Kier alpha value is -2.88. The molecule has 1 aromatic heterocycles. The number of carbonyl (C=O) groups is 2. The van der Waals surface area contributed by atoms with Crippen LogP contribution >= 0.6 is 0 Å². The van der Waals surface area contributed by atoms with E-state index in [1.807, 2.05) is 38.1 Å². The highest BCUT2D eigenvalue weighted by Gasteiger charge is 2.27. The van der Waals surface area contributed by atoms with Gasteiger partial charge in [0.15, 0.2) is 5.69 Å². The molecule has 0 aliphatic heterocycles. The van der Waals surface area contributed by atoms with Gasteiger partial charge in [0.25, 0.3) is 5.91 Å². The summed E-state index contributed by atoms with van der Waals surface area (Å²) in [6.07, 6.45) is 2.09. The number of rotatable bonds is 8. The van der Waals surface area contributed by atoms with Gasteiger partial charge in [-0.1, -0.05) is 32.0 Å². The fourth-order valence-corrected chi connectivity index (χ4v) is 2.77. The predicted octanol–water partition coefficient (Wildman–Crippen LogP) is 2.66. The lowest BCUT2D eigenvalue weighted by Gasteiger charge is -2.19. The number of hydrogen-bond acceptors (Lipinski definition) is 5. The zero-order valence-electron chi connectivity index (χ0n) is 15.4. The van der Waals surface area contributed by atoms with Crippen molar-refractivity contribution >= 4 is 22.8 Å². The number of nitriles is 1. The van der Waals surface area contributed by atoms with E-state index < -0.39 is 17.9 Å². The van der Waals surface area contributed by atoms with Crippen molar-refractivity contribution in [1.82, 2.24) is 15.1 Å². The number of esters is 1. The molecule has 1 amide bonds. The maximum Gasteiger partial charge on any atom is 0.328 e. The van der Waals surface area contributed by atoms with Crippen LogP contribution in [-0.2, 0) is 16.1 Å². The van der Waals surface area contributed by atoms with E-state index in [-0.39, 0.29) is 11.6 Å². The van der Waals surface area contributed by atoms with E-state index in [9.17, 15) is 9.59 Å². The van der Waals surface area contributed by atoms with Gasteiger partial charge in [0.1, 0.15) is 6.04 Å². The molecule has 1 N–H and O–H groups in total. The van der Waals surface area contributed by atoms with Crippen molar-refractivity contribution in [3.05, 3.63) is 30.0 Å². The molecule has 1 atom stereocenters. The average molecular weight is 356 g/mol. The summed E-state index contributed by atoms with van der Waals surface area (Å²) in [6.45, 7) is 4.31. The average Bonchev–Trinajstić information content (AvgIpc) is 3.01. The number of aryl methyl sites for hydroxylation is 1. The van der Waals surface area contributed by atoms with Gasteiger partial charge in [-0.2, -0.15) is 10.4 Å². The molecule has 0 saturated heterocycles. The maximum absolute atomic E-state index is 12.7. The minimum Gasteiger partial charge on any atom is -0.467 e. The van der Waals surface area contributed by atoms with Gasteiger partial charge in [0, 0.05) is 18.4 Å². The van der Waals surface area contributed by atoms with Gasteiger partial charge in [-0.3, -0.25) is 9.48 Å². The topological polar surface area (TPSA) is 97.0 Å². The van der Waals surface area contributed by atoms with Crippen molar-refractivity contribution in [3.63, 3.8) is 0 Å². The smallest absolute Gasteiger partial charge is 0.328 e. The van der Waals surface area contributed by atoms with Crippen LogP contribution in [0.15, 0.2) is 24.3 Å². The van der Waals surface area contributed by atoms with Crippen molar-refractivity contribution in [1.29, 1.82) is 5.26 Å². The zero-order valence-corrected chi connectivity index (χ0v) is 15.4. The summed E-state index contributed by atoms with van der Waals surface area (Å²) in [6, 6.07) is 8.88. The molecule has 26 heavy (non-hydrogen) atoms. The number of hydrogen-bond donors (Lipinski definition) is 1. The van der Waals surface area contributed by atoms with E-state index in [1.165, 1.54) is 7.11 Å². The second-order valence-electron chi connectivity index (χ2n) is 6.42. The van der Waals surface area contributed by atoms with Crippen LogP contribution in [-0.4, -0.2) is 34.8 Å². The Balaban J connectivity index is 2.26. The number of carbonyl (C=O) groups excluding carboxylic acids is 2. The van der Waals surface area contributed by atoms with Crippen molar-refractivity contribution in [2.24, 2.45) is 5.92 Å². The minimum atomic E-state index is -0.730. The van der Waals surface area contributed by atoms with Gasteiger partial charge in [-0.25, -0.2) is 4.79 Å². The van der Waals surface area contributed by atoms with Crippen LogP contribution in [0.3, 0.4) is 0 Å². The molecule has 0 saturated carbocycles. The fourth-order valence-electron chi connectivity index (χ4n) is 2.77. The highest BCUT2D eigenvalue weighted by Crippen LogP contribution is 2.19. The first-order chi connectivity index (χ1) is 12.5. The molecule has 7 heteroatoms. The summed E-state index contributed by atoms with van der Waals surface area (Å²) < 4.78 is 6.56. The number of methoxy groups -OCH3 is 1. The lowest BCUT2D eigenvalue weighted by molar-refractivity contribution is -0.144. The number of amides is 1. The van der Waals surface area contributed by atoms with Crippen molar-refractivity contribution in [3.8, 4) is 6.07 Å². The molecule has 2 aromatic rings. The lowest BCUT2D eigenvalue weighted by Crippen LogP contribution is -2.45. The summed E-state index contributed by atoms with van der Waals surface area (Å²) in [5.41, 5.74) is 1.14. The fraction of sp³-hybridized carbons (Fsp3) is 0.474. The second-order valence-corrected chi connectivity index (χ2v) is 6.42. The quantitative estimate of drug-likeness (QED) is 0.579. The van der Waals surface area contributed by atoms with E-state index in [0.717, 1.165) is 23.7 Å². The van der Waals surface area contributed by atoms with E-state index in [4.69, 9.17) is 10.00 Å². The van der Waals surface area contributed by atoms with Gasteiger partial charge in [0.05, 0.1) is 18.7 Å². The van der Waals surface area contributed by atoms with Gasteiger partial charge in [-0.15, -0.1) is 0 Å². The van der Waals surface area contributed by atoms with Gasteiger partial charge >= 0.3 is 5.97 Å². The predicted molar refractivity (Wildman–Crippen MR) is 97.3 cm³/mol. The highest BCUT2D eigenvalue weighted by atomic mass is 16.5. The molecule has 7 nitrogen and oxygen atoms in total. The molecular weight excluding hydrogens is 332 g/mol. The first-order valence-electron chi connectivity index (χ1n) is 8.70. The number of fused-ring (bicyclic) bond motifs is 1. The number of benzene rings is 1. The molecule has 0 aliphatic rings. The van der Waals surface area contributed by atoms with Gasteiger partial charge < -0.3 is 10.1 Å². The van der Waals surface area contributed by atoms with Crippen LogP contribution < -0.4 is 5.32 Å². The molecule has 138 valence electrons. The van der Waals surface area contributed by atoms with Crippen LogP contribution in [0, 0.1) is 17.2 Å². The third-order valence-electron chi connectivity index (χ3n) is 4.19. The molecule has 0 radical (unpaired) electrons. The number of aromatic nitrogens is 2. The van der Waals surface area contributed by atoms with Crippen LogP contribution in [0.2, 0.25) is 0 Å². The van der Waals surface area contributed by atoms with Crippen LogP contribution in [0.1, 0.15) is 43.6 Å². The summed E-state index contributed by atoms with van der Waals surface area (Å²) in [7, 11) is 1.30. The first kappa shape index (κ1) is 19.4. The number of nitrogens with one attached hydrogen (secondary N) is 1. The van der Waals surface area contributed by atoms with E-state index in [0.29, 0.717) is 13.0 Å². The van der Waals surface area contributed by atoms with E-state index >= 15 is 0 Å². The summed E-state index contributed by atoms with van der Waals surface area (Å²) in [5, 5.41) is 16.6. The standard InChI is InChI=1S/C19H24N4O3/c1-13(2)16(19(25)26-3)21-18(24)17-14-9-5-6-10-15(14)23(22-17)12-8-4-7-11-20/h5-6,9-10,13,16H,4,7-8,12H2,1-3H3,(H,21,24)/t16-/m0/s1. The number of para-hydroxylation sites is 1. The molecule has 0 fully saturated rings. The maximum atomic E-state index is 12.7. The molecule has 0 spiro atoms. The largest absolute Gasteiger partial charge is 0.467 e. The van der Waals surface area contributed by atoms with Crippen LogP contribution in [0.5, 0.6) is 0 Å². The first-order valence-corrected chi connectivity index (χ1v) is 8.70. The molecule has 1 aromatic carbocycles. The Kier molecular flexibility index (Phi) is 6.73. The van der Waals surface area contributed by atoms with Crippen LogP contribution in [0.25, 0.3) is 10.9 Å². The molecule has 0 unspecified atom stereocenters. The number of nitrogens with zero attached hydrogens (tertiary/aromatic N) is 3. The lowest BCUT2D eigenvalue weighted by atomic mass is 10.0. The van der Waals surface area contributed by atoms with Crippen molar-refractivity contribution in [2.45, 2.75) is 45.7 Å². The Labute approximate surface area is 152 Å². The third kappa shape index (κ3) is 4.39. The molecule has 0 bridgehead atoms. The highest BCUT2D eigenvalue weighted by molar-refractivity contribution is 6.06. The van der Waals surface area contributed by atoms with Crippen molar-refractivity contribution in [2.75, 3.05) is 7.11 Å². The van der Waals surface area contributed by atoms with Gasteiger partial charge in [0.2, 0.25) is 0 Å². The number of unbranched alkanes of at least 4 members (excludes halogenated alkanes) is 2. The monoisotopic (exact) mass is 356 g/mol. The minimum absolute atomic E-state index is 0.106. The van der Waals surface area contributed by atoms with E-state index in [2.05, 4.69) is 16.5 Å². The van der Waals surface area contributed by atoms with Crippen LogP contribution in [0.4, 0.5) is 0 Å². The third-order valence-corrected chi connectivity index (χ3v) is 4.19. The van der Waals surface area contributed by atoms with Crippen molar-refractivity contribution < 1.29 is 14.3 Å². The Morgan fingerprint density at radius 2 is 2.04 bits per heavy atom. The van der Waals surface area contributed by atoms with Gasteiger partial charge in [-0.05, 0) is 24.8 Å². The Morgan fingerprint density at radius 1 is 1.31 bits per heavy atom. The normalized spacial score (nSPS) is 12.0. The molecule has 0 aliphatic carbocycles. The Bertz CT molecular complexity index is 820. The summed E-state index contributed by atoms with van der Waals surface area (Å²) in [4.78, 5) is 24.6. The zero-order chi connectivity index (χ0) is 19.1. The summed E-state index contributed by atoms with van der Waals surface area (Å²) in [5.74, 6) is -0.986. The Morgan fingerprint density at radius 3 is 2.69 bits per heavy atom. The number of ether oxygens (including phenoxy) is 1. The molecular formula is C19H24N4O3. The molecule has 1 heterocycles. The summed E-state index contributed by atoms with van der Waals surface area (Å²) >= 11 is 0. The van der Waals surface area contributed by atoms with E-state index in [1.54, 1.807) is 4.68 Å². The SMILES string of the molecule is COC(=O)[C@@H](NC(=O)c1nn(CCCCC#N)c2ccccc12)C(C)C. The molecule has 2 rings (SSSR count).